The number of benzene rings is 1. The zero-order valence-corrected chi connectivity index (χ0v) is 8.82. The van der Waals surface area contributed by atoms with Crippen LogP contribution in [0.1, 0.15) is 34.1 Å². The molecule has 1 unspecified atom stereocenters. The topological polar surface area (TPSA) is 43.4 Å². The normalized spacial score (nSPS) is 22.9. The molecule has 0 amide bonds. The summed E-state index contributed by atoms with van der Waals surface area (Å²) >= 11 is 0. The standard InChI is InChI=1S/C13H10O3/c1-7-6-10-11(14)8-4-2-3-5-9(8)12(15)13(10)16-7/h2-5,7H,6H2,1H3. The molecule has 0 saturated carbocycles. The number of carbonyl (C=O) groups is 2. The van der Waals surface area contributed by atoms with E-state index in [4.69, 9.17) is 4.74 Å². The number of allylic oxidation sites excluding steroid dienone is 1. The van der Waals surface area contributed by atoms with Gasteiger partial charge in [-0.1, -0.05) is 24.3 Å². The van der Waals surface area contributed by atoms with Crippen LogP contribution in [0.15, 0.2) is 35.6 Å². The Hall–Kier alpha value is -1.90. The van der Waals surface area contributed by atoms with Crippen molar-refractivity contribution in [3.63, 3.8) is 0 Å². The minimum absolute atomic E-state index is 0.0606. The summed E-state index contributed by atoms with van der Waals surface area (Å²) in [6.45, 7) is 1.86. The maximum Gasteiger partial charge on any atom is 0.228 e. The third-order valence-electron chi connectivity index (χ3n) is 2.98. The molecule has 0 aromatic heterocycles. The summed E-state index contributed by atoms with van der Waals surface area (Å²) in [6.07, 6.45) is 0.459. The van der Waals surface area contributed by atoms with Crippen LogP contribution in [0.2, 0.25) is 0 Å². The Morgan fingerprint density at radius 2 is 1.75 bits per heavy atom. The lowest BCUT2D eigenvalue weighted by Gasteiger charge is -2.14. The lowest BCUT2D eigenvalue weighted by Crippen LogP contribution is -2.19. The van der Waals surface area contributed by atoms with Crippen molar-refractivity contribution < 1.29 is 14.3 Å². The van der Waals surface area contributed by atoms with Crippen LogP contribution in [-0.2, 0) is 4.74 Å². The lowest BCUT2D eigenvalue weighted by molar-refractivity contribution is 0.0861. The van der Waals surface area contributed by atoms with E-state index in [0.717, 1.165) is 0 Å². The highest BCUT2D eigenvalue weighted by Crippen LogP contribution is 2.35. The van der Waals surface area contributed by atoms with E-state index >= 15 is 0 Å². The highest BCUT2D eigenvalue weighted by molar-refractivity contribution is 6.26. The van der Waals surface area contributed by atoms with E-state index in [-0.39, 0.29) is 23.4 Å². The average Bonchev–Trinajstić information content (AvgIpc) is 2.68. The van der Waals surface area contributed by atoms with Gasteiger partial charge in [-0.05, 0) is 6.92 Å². The Kier molecular flexibility index (Phi) is 1.78. The molecule has 1 aromatic rings. The van der Waals surface area contributed by atoms with Crippen molar-refractivity contribution in [1.29, 1.82) is 0 Å². The van der Waals surface area contributed by atoms with Crippen LogP contribution in [0, 0.1) is 0 Å². The second-order valence-corrected chi connectivity index (χ2v) is 4.14. The van der Waals surface area contributed by atoms with Gasteiger partial charge in [0.2, 0.25) is 5.78 Å². The fraction of sp³-hybridized carbons (Fsp3) is 0.231. The molecule has 0 spiro atoms. The monoisotopic (exact) mass is 214 g/mol. The van der Waals surface area contributed by atoms with Gasteiger partial charge >= 0.3 is 0 Å². The van der Waals surface area contributed by atoms with E-state index in [0.29, 0.717) is 23.1 Å². The highest BCUT2D eigenvalue weighted by atomic mass is 16.5. The number of Topliss-reactive ketones (excluding diaryl/α,β-unsaturated/α-hetero) is 2. The van der Waals surface area contributed by atoms with Gasteiger partial charge in [0.15, 0.2) is 11.5 Å². The van der Waals surface area contributed by atoms with E-state index in [1.54, 1.807) is 24.3 Å². The number of hydrogen-bond acceptors (Lipinski definition) is 3. The number of ketones is 2. The van der Waals surface area contributed by atoms with Crippen molar-refractivity contribution in [2.75, 3.05) is 0 Å². The SMILES string of the molecule is CC1CC2=C(O1)C(=O)c1ccccc1C2=O. The summed E-state index contributed by atoms with van der Waals surface area (Å²) in [7, 11) is 0. The molecule has 0 radical (unpaired) electrons. The van der Waals surface area contributed by atoms with Crippen LogP contribution in [0.25, 0.3) is 0 Å². The molecule has 1 aliphatic heterocycles. The summed E-state index contributed by atoms with van der Waals surface area (Å²) in [6, 6.07) is 6.90. The highest BCUT2D eigenvalue weighted by Gasteiger charge is 2.38. The van der Waals surface area contributed by atoms with Gasteiger partial charge in [-0.2, -0.15) is 0 Å². The smallest absolute Gasteiger partial charge is 0.228 e. The average molecular weight is 214 g/mol. The molecule has 3 heteroatoms. The van der Waals surface area contributed by atoms with Crippen molar-refractivity contribution in [3.8, 4) is 0 Å². The van der Waals surface area contributed by atoms with E-state index in [1.165, 1.54) is 0 Å². The van der Waals surface area contributed by atoms with Gasteiger partial charge in [0, 0.05) is 23.1 Å². The minimum Gasteiger partial charge on any atom is -0.486 e. The van der Waals surface area contributed by atoms with Crippen molar-refractivity contribution in [2.45, 2.75) is 19.4 Å². The van der Waals surface area contributed by atoms with Crippen molar-refractivity contribution in [1.82, 2.24) is 0 Å². The number of carbonyl (C=O) groups excluding carboxylic acids is 2. The Balaban J connectivity index is 2.20. The predicted molar refractivity (Wildman–Crippen MR) is 57.3 cm³/mol. The van der Waals surface area contributed by atoms with Crippen LogP contribution >= 0.6 is 0 Å². The van der Waals surface area contributed by atoms with Crippen LogP contribution in [0.5, 0.6) is 0 Å². The molecular formula is C13H10O3. The molecule has 16 heavy (non-hydrogen) atoms. The zero-order valence-electron chi connectivity index (χ0n) is 8.82. The quantitative estimate of drug-likeness (QED) is 0.664. The molecule has 1 aromatic carbocycles. The summed E-state index contributed by atoms with van der Waals surface area (Å²) in [5.74, 6) is 0.0419. The van der Waals surface area contributed by atoms with Gasteiger partial charge in [-0.25, -0.2) is 0 Å². The number of rotatable bonds is 0. The first-order chi connectivity index (χ1) is 7.68. The van der Waals surface area contributed by atoms with Gasteiger partial charge in [0.1, 0.15) is 6.10 Å². The summed E-state index contributed by atoms with van der Waals surface area (Å²) in [5, 5.41) is 0. The van der Waals surface area contributed by atoms with Crippen LogP contribution < -0.4 is 0 Å². The van der Waals surface area contributed by atoms with Crippen LogP contribution in [0.4, 0.5) is 0 Å². The predicted octanol–water partition coefficient (Wildman–Crippen LogP) is 2.13. The van der Waals surface area contributed by atoms with Crippen molar-refractivity contribution >= 4 is 11.6 Å². The molecule has 0 fully saturated rings. The first-order valence-corrected chi connectivity index (χ1v) is 5.26. The lowest BCUT2D eigenvalue weighted by atomic mass is 9.87. The third-order valence-corrected chi connectivity index (χ3v) is 2.98. The van der Waals surface area contributed by atoms with Gasteiger partial charge in [-0.15, -0.1) is 0 Å². The Morgan fingerprint density at radius 3 is 2.44 bits per heavy atom. The van der Waals surface area contributed by atoms with Gasteiger partial charge in [0.05, 0.1) is 0 Å². The van der Waals surface area contributed by atoms with Crippen LogP contribution in [0.3, 0.4) is 0 Å². The second kappa shape index (κ2) is 3.04. The van der Waals surface area contributed by atoms with Crippen molar-refractivity contribution in [3.05, 3.63) is 46.7 Å². The fourth-order valence-electron chi connectivity index (χ4n) is 2.24. The van der Waals surface area contributed by atoms with E-state index in [1.807, 2.05) is 6.92 Å². The first-order valence-electron chi connectivity index (χ1n) is 5.26. The van der Waals surface area contributed by atoms with E-state index < -0.39 is 0 Å². The fourth-order valence-corrected chi connectivity index (χ4v) is 2.24. The Morgan fingerprint density at radius 1 is 1.12 bits per heavy atom. The summed E-state index contributed by atoms with van der Waals surface area (Å²) in [5.41, 5.74) is 1.50. The molecule has 0 N–H and O–H groups in total. The molecular weight excluding hydrogens is 204 g/mol. The van der Waals surface area contributed by atoms with Crippen molar-refractivity contribution in [2.24, 2.45) is 0 Å². The summed E-state index contributed by atoms with van der Waals surface area (Å²) in [4.78, 5) is 24.2. The maximum absolute atomic E-state index is 12.1. The molecule has 2 aliphatic rings. The Bertz CT molecular complexity index is 493. The third kappa shape index (κ3) is 1.08. The zero-order chi connectivity index (χ0) is 11.3. The van der Waals surface area contributed by atoms with E-state index in [9.17, 15) is 9.59 Å². The number of ether oxygens (including phenoxy) is 1. The van der Waals surface area contributed by atoms with Gasteiger partial charge < -0.3 is 4.74 Å². The summed E-state index contributed by atoms with van der Waals surface area (Å²) < 4.78 is 5.41. The van der Waals surface area contributed by atoms with E-state index in [2.05, 4.69) is 0 Å². The Labute approximate surface area is 92.7 Å². The molecule has 3 rings (SSSR count). The number of hydrogen-bond donors (Lipinski definition) is 0. The van der Waals surface area contributed by atoms with Crippen LogP contribution in [-0.4, -0.2) is 17.7 Å². The largest absolute Gasteiger partial charge is 0.486 e. The minimum atomic E-state index is -0.158. The second-order valence-electron chi connectivity index (χ2n) is 4.14. The molecule has 3 nitrogen and oxygen atoms in total. The molecule has 1 atom stereocenters. The first kappa shape index (κ1) is 9.33. The molecule has 1 heterocycles. The van der Waals surface area contributed by atoms with Gasteiger partial charge in [0.25, 0.3) is 0 Å². The molecule has 80 valence electrons. The molecule has 1 aliphatic carbocycles. The molecule has 0 bridgehead atoms. The van der Waals surface area contributed by atoms with Gasteiger partial charge in [-0.3, -0.25) is 9.59 Å². The molecule has 0 saturated heterocycles. The number of fused-ring (bicyclic) bond motifs is 1. The maximum atomic E-state index is 12.1.